The summed E-state index contributed by atoms with van der Waals surface area (Å²) in [5.74, 6) is -0.550. The van der Waals surface area contributed by atoms with E-state index in [-0.39, 0.29) is 11.7 Å². The van der Waals surface area contributed by atoms with Gasteiger partial charge in [-0.1, -0.05) is 26.2 Å². The van der Waals surface area contributed by atoms with Crippen molar-refractivity contribution in [2.75, 3.05) is 7.05 Å². The second kappa shape index (κ2) is 11.3. The van der Waals surface area contributed by atoms with Gasteiger partial charge in [0.05, 0.1) is 6.10 Å². The maximum Gasteiger partial charge on any atom is 0.349 e. The molecule has 0 saturated carbocycles. The van der Waals surface area contributed by atoms with Crippen molar-refractivity contribution in [3.05, 3.63) is 23.9 Å². The molecule has 0 aliphatic carbocycles. The number of rotatable bonds is 9. The maximum absolute atomic E-state index is 11.7. The van der Waals surface area contributed by atoms with E-state index in [0.717, 1.165) is 19.3 Å². The van der Waals surface area contributed by atoms with Gasteiger partial charge in [0.2, 0.25) is 0 Å². The van der Waals surface area contributed by atoms with Gasteiger partial charge in [0.25, 0.3) is 0 Å². The van der Waals surface area contributed by atoms with E-state index in [4.69, 9.17) is 10.00 Å². The van der Waals surface area contributed by atoms with E-state index in [2.05, 4.69) is 12.2 Å². The molecule has 0 aromatic rings. The van der Waals surface area contributed by atoms with Crippen LogP contribution in [0.3, 0.4) is 0 Å². The van der Waals surface area contributed by atoms with Gasteiger partial charge in [0, 0.05) is 7.05 Å². The summed E-state index contributed by atoms with van der Waals surface area (Å²) in [4.78, 5) is 11.7. The Kier molecular flexibility index (Phi) is 10.3. The van der Waals surface area contributed by atoms with Crippen molar-refractivity contribution in [1.82, 2.24) is 5.32 Å². The molecule has 0 rings (SSSR count). The number of unbranched alkanes of at least 4 members (excludes halogenated alkanes) is 3. The molecule has 0 saturated heterocycles. The highest BCUT2D eigenvalue weighted by atomic mass is 16.5. The van der Waals surface area contributed by atoms with Crippen molar-refractivity contribution in [2.24, 2.45) is 0 Å². The van der Waals surface area contributed by atoms with Crippen LogP contribution in [0.1, 0.15) is 46.0 Å². The van der Waals surface area contributed by atoms with Gasteiger partial charge >= 0.3 is 5.97 Å². The molecule has 0 aliphatic rings. The molecule has 0 aromatic carbocycles. The van der Waals surface area contributed by atoms with E-state index in [9.17, 15) is 4.79 Å². The van der Waals surface area contributed by atoms with Crippen molar-refractivity contribution >= 4 is 5.97 Å². The second-order valence-corrected chi connectivity index (χ2v) is 4.41. The fourth-order valence-electron chi connectivity index (χ4n) is 1.56. The highest BCUT2D eigenvalue weighted by molar-refractivity contribution is 5.93. The van der Waals surface area contributed by atoms with Gasteiger partial charge in [0.15, 0.2) is 0 Å². The largest absolute Gasteiger partial charge is 0.459 e. The van der Waals surface area contributed by atoms with E-state index < -0.39 is 5.97 Å². The third kappa shape index (κ3) is 8.90. The van der Waals surface area contributed by atoms with E-state index >= 15 is 0 Å². The Bertz CT molecular complexity index is 354. The minimum absolute atomic E-state index is 0.0203. The van der Waals surface area contributed by atoms with Crippen molar-refractivity contribution < 1.29 is 9.53 Å². The van der Waals surface area contributed by atoms with E-state index in [1.165, 1.54) is 18.9 Å². The van der Waals surface area contributed by atoms with Gasteiger partial charge < -0.3 is 10.1 Å². The van der Waals surface area contributed by atoms with Crippen molar-refractivity contribution in [1.29, 1.82) is 5.26 Å². The van der Waals surface area contributed by atoms with Gasteiger partial charge in [-0.05, 0) is 38.1 Å². The molecule has 0 heterocycles. The summed E-state index contributed by atoms with van der Waals surface area (Å²) in [6.07, 6.45) is 9.99. The first-order valence-electron chi connectivity index (χ1n) is 6.80. The number of nitrogens with zero attached hydrogens (tertiary/aromatic N) is 1. The highest BCUT2D eigenvalue weighted by Gasteiger charge is 2.13. The summed E-state index contributed by atoms with van der Waals surface area (Å²) < 4.78 is 5.23. The predicted octanol–water partition coefficient (Wildman–Crippen LogP) is 3.07. The number of allylic oxidation sites excluding steroid dienone is 2. The molecule has 106 valence electrons. The highest BCUT2D eigenvalue weighted by Crippen LogP contribution is 2.10. The zero-order valence-electron chi connectivity index (χ0n) is 12.1. The van der Waals surface area contributed by atoms with Gasteiger partial charge in [0.1, 0.15) is 11.6 Å². The van der Waals surface area contributed by atoms with Crippen LogP contribution in [0.25, 0.3) is 0 Å². The number of nitrogens with one attached hydrogen (secondary N) is 1. The Labute approximate surface area is 116 Å². The predicted molar refractivity (Wildman–Crippen MR) is 76.2 cm³/mol. The molecule has 0 amide bonds. The lowest BCUT2D eigenvalue weighted by Crippen LogP contribution is -2.16. The molecule has 4 nitrogen and oxygen atoms in total. The second-order valence-electron chi connectivity index (χ2n) is 4.41. The fourth-order valence-corrected chi connectivity index (χ4v) is 1.56. The smallest absolute Gasteiger partial charge is 0.349 e. The number of esters is 1. The van der Waals surface area contributed by atoms with Crippen LogP contribution in [0.5, 0.6) is 0 Å². The van der Waals surface area contributed by atoms with Crippen LogP contribution in [-0.4, -0.2) is 19.1 Å². The standard InChI is InChI=1S/C15H24N2O2/c1-4-5-6-7-9-13(2)19-15(18)14(12-16)10-8-11-17-3/h8,10-11,13,17H,4-7,9H2,1-3H3/b11-8+,14-10+. The summed E-state index contributed by atoms with van der Waals surface area (Å²) in [5.41, 5.74) is 0.0203. The van der Waals surface area contributed by atoms with E-state index in [1.54, 1.807) is 19.3 Å². The average Bonchev–Trinajstić information content (AvgIpc) is 2.39. The molecular weight excluding hydrogens is 240 g/mol. The summed E-state index contributed by atoms with van der Waals surface area (Å²) >= 11 is 0. The first-order chi connectivity index (χ1) is 9.15. The Morgan fingerprint density at radius 2 is 2.16 bits per heavy atom. The molecule has 1 atom stereocenters. The van der Waals surface area contributed by atoms with E-state index in [0.29, 0.717) is 0 Å². The van der Waals surface area contributed by atoms with Crippen LogP contribution in [0.4, 0.5) is 0 Å². The Balaban J connectivity index is 4.15. The third-order valence-corrected chi connectivity index (χ3v) is 2.64. The van der Waals surface area contributed by atoms with Crippen LogP contribution < -0.4 is 5.32 Å². The Morgan fingerprint density at radius 1 is 1.42 bits per heavy atom. The lowest BCUT2D eigenvalue weighted by molar-refractivity contribution is -0.143. The Hall–Kier alpha value is -1.76. The van der Waals surface area contributed by atoms with Gasteiger partial charge in [-0.25, -0.2) is 4.79 Å². The topological polar surface area (TPSA) is 62.1 Å². The van der Waals surface area contributed by atoms with Gasteiger partial charge in [-0.15, -0.1) is 0 Å². The molecule has 0 bridgehead atoms. The zero-order valence-corrected chi connectivity index (χ0v) is 12.1. The first kappa shape index (κ1) is 17.2. The quantitative estimate of drug-likeness (QED) is 0.228. The lowest BCUT2D eigenvalue weighted by atomic mass is 10.1. The van der Waals surface area contributed by atoms with Gasteiger partial charge in [-0.3, -0.25) is 0 Å². The maximum atomic E-state index is 11.7. The van der Waals surface area contributed by atoms with Crippen LogP contribution in [0.2, 0.25) is 0 Å². The number of hydrogen-bond donors (Lipinski definition) is 1. The summed E-state index contributed by atoms with van der Waals surface area (Å²) in [5, 5.41) is 11.7. The molecule has 1 unspecified atom stereocenters. The summed E-state index contributed by atoms with van der Waals surface area (Å²) in [6, 6.07) is 1.85. The number of hydrogen-bond acceptors (Lipinski definition) is 4. The molecule has 0 fully saturated rings. The SMILES string of the molecule is CCCCCCC(C)OC(=O)/C(C#N)=C/C=C/NC. The van der Waals surface area contributed by atoms with Crippen LogP contribution in [-0.2, 0) is 9.53 Å². The molecule has 0 aliphatic heterocycles. The minimum atomic E-state index is -0.550. The molecule has 19 heavy (non-hydrogen) atoms. The van der Waals surface area contributed by atoms with Crippen LogP contribution >= 0.6 is 0 Å². The molecule has 1 N–H and O–H groups in total. The van der Waals surface area contributed by atoms with Crippen LogP contribution in [0.15, 0.2) is 23.9 Å². The number of ether oxygens (including phenoxy) is 1. The van der Waals surface area contributed by atoms with Gasteiger partial charge in [-0.2, -0.15) is 5.26 Å². The average molecular weight is 264 g/mol. The monoisotopic (exact) mass is 264 g/mol. The van der Waals surface area contributed by atoms with Crippen molar-refractivity contribution in [3.63, 3.8) is 0 Å². The van der Waals surface area contributed by atoms with E-state index in [1.807, 2.05) is 13.0 Å². The normalized spacial score (nSPS) is 13.1. The van der Waals surface area contributed by atoms with Crippen molar-refractivity contribution in [3.8, 4) is 6.07 Å². The Morgan fingerprint density at radius 3 is 2.74 bits per heavy atom. The third-order valence-electron chi connectivity index (χ3n) is 2.64. The number of carbonyl (C=O) groups excluding carboxylic acids is 1. The molecule has 0 radical (unpaired) electrons. The molecule has 0 aromatic heterocycles. The summed E-state index contributed by atoms with van der Waals surface area (Å²) in [7, 11) is 1.74. The zero-order chi connectivity index (χ0) is 14.5. The fraction of sp³-hybridized carbons (Fsp3) is 0.600. The number of nitriles is 1. The van der Waals surface area contributed by atoms with Crippen molar-refractivity contribution in [2.45, 2.75) is 52.1 Å². The first-order valence-corrected chi connectivity index (χ1v) is 6.80. The molecule has 4 heteroatoms. The number of carbonyl (C=O) groups is 1. The minimum Gasteiger partial charge on any atom is -0.459 e. The lowest BCUT2D eigenvalue weighted by Gasteiger charge is -2.12. The molecule has 0 spiro atoms. The van der Waals surface area contributed by atoms with Crippen LogP contribution in [0, 0.1) is 11.3 Å². The molecular formula is C15H24N2O2. The summed E-state index contributed by atoms with van der Waals surface area (Å²) in [6.45, 7) is 4.02.